The smallest absolute Gasteiger partial charge is 0.319 e. The molecule has 4 fully saturated rings. The van der Waals surface area contributed by atoms with E-state index >= 15 is 8.78 Å². The second kappa shape index (κ2) is 23.4. The number of anilines is 1. The van der Waals surface area contributed by atoms with Crippen molar-refractivity contribution >= 4 is 50.6 Å². The molecule has 8 aromatic rings. The molecule has 3 aromatic carbocycles. The zero-order valence-corrected chi connectivity index (χ0v) is 49.7. The molecule has 1 aliphatic carbocycles. The molecule has 8 heterocycles. The first-order chi connectivity index (χ1) is 40.8. The number of phenolic OH excluding ortho intramolecular Hbond substituents is 1. The number of nitrogens with zero attached hydrogens (tertiary/aromatic N) is 12. The van der Waals surface area contributed by atoms with Crippen LogP contribution in [0.5, 0.6) is 11.8 Å². The summed E-state index contributed by atoms with van der Waals surface area (Å²) in [5.41, 5.74) is 5.55. The Balaban J connectivity index is 0.673. The third-order valence-electron chi connectivity index (χ3n) is 17.8. The Labute approximate surface area is 496 Å². The molecule has 12 rings (SSSR count). The molecule has 19 nitrogen and oxygen atoms in total. The molecule has 5 aromatic heterocycles. The van der Waals surface area contributed by atoms with Gasteiger partial charge in [0.2, 0.25) is 11.8 Å². The first-order valence-corrected chi connectivity index (χ1v) is 30.6. The topological polar surface area (TPSA) is 226 Å². The zero-order chi connectivity index (χ0) is 59.5. The van der Waals surface area contributed by atoms with E-state index < -0.39 is 35.4 Å². The number of piperidine rings is 2. The number of ether oxygens (including phenoxy) is 1. The number of aliphatic hydroxyl groups excluding tert-OH is 1. The number of β-amino-alcohol motifs (C(OH)–C–C–N with tert-alkyl or cyclic N) is 2. The highest BCUT2D eigenvalue weighted by molar-refractivity contribution is 7.13. The van der Waals surface area contributed by atoms with E-state index in [0.717, 1.165) is 79.1 Å². The third-order valence-corrected chi connectivity index (χ3v) is 18.8. The first-order valence-electron chi connectivity index (χ1n) is 29.7. The number of fused-ring (bicyclic) bond motifs is 2. The van der Waals surface area contributed by atoms with Crippen molar-refractivity contribution in [3.05, 3.63) is 107 Å². The minimum atomic E-state index is -0.991. The molecule has 2 amide bonds. The average Bonchev–Trinajstić information content (AvgIpc) is 2.42. The van der Waals surface area contributed by atoms with Gasteiger partial charge >= 0.3 is 6.01 Å². The fourth-order valence-electron chi connectivity index (χ4n) is 13.0. The van der Waals surface area contributed by atoms with Gasteiger partial charge < -0.3 is 40.1 Å². The van der Waals surface area contributed by atoms with E-state index in [-0.39, 0.29) is 77.2 Å². The summed E-state index contributed by atoms with van der Waals surface area (Å²) < 4.78 is 42.5. The largest absolute Gasteiger partial charge is 0.508 e. The molecule has 5 atom stereocenters. The number of carbonyl (C=O) groups is 2. The zero-order valence-electron chi connectivity index (χ0n) is 48.9. The van der Waals surface area contributed by atoms with Crippen LogP contribution in [-0.4, -0.2) is 145 Å². The normalized spacial score (nSPS) is 20.8. The van der Waals surface area contributed by atoms with E-state index in [9.17, 15) is 24.9 Å². The number of phenols is 1. The Kier molecular flexibility index (Phi) is 15.9. The fraction of sp³-hybridized carbons (Fsp3) is 0.476. The summed E-state index contributed by atoms with van der Waals surface area (Å²) in [4.78, 5) is 53.9. The lowest BCUT2D eigenvalue weighted by Crippen LogP contribution is -2.49. The summed E-state index contributed by atoms with van der Waals surface area (Å²) >= 11 is 1.58. The number of thiazole rings is 1. The van der Waals surface area contributed by atoms with Crippen molar-refractivity contribution in [1.82, 2.24) is 59.8 Å². The minimum Gasteiger partial charge on any atom is -0.508 e. The van der Waals surface area contributed by atoms with Crippen LogP contribution in [0.2, 0.25) is 0 Å². The van der Waals surface area contributed by atoms with Crippen molar-refractivity contribution in [2.24, 2.45) is 17.3 Å². The summed E-state index contributed by atoms with van der Waals surface area (Å²) in [7, 11) is 0. The van der Waals surface area contributed by atoms with E-state index in [0.29, 0.717) is 71.6 Å². The summed E-state index contributed by atoms with van der Waals surface area (Å²) in [5, 5.41) is 50.9. The van der Waals surface area contributed by atoms with Crippen LogP contribution in [-0.2, 0) is 22.6 Å². The van der Waals surface area contributed by atoms with Gasteiger partial charge in [0.1, 0.15) is 46.4 Å². The second-order valence-corrected chi connectivity index (χ2v) is 25.6. The Bertz CT molecular complexity index is 3780. The number of aryl methyl sites for hydroxylation is 2. The molecule has 0 unspecified atom stereocenters. The summed E-state index contributed by atoms with van der Waals surface area (Å²) in [6.07, 6.45) is 11.8. The van der Waals surface area contributed by atoms with Crippen LogP contribution in [0.15, 0.2) is 78.8 Å². The van der Waals surface area contributed by atoms with Gasteiger partial charge in [0.15, 0.2) is 5.82 Å². The number of likely N-dealkylation sites (tertiary alicyclic amines) is 2. The maximum atomic E-state index is 17.2. The molecule has 446 valence electrons. The van der Waals surface area contributed by atoms with Gasteiger partial charge in [-0.2, -0.15) is 15.1 Å². The van der Waals surface area contributed by atoms with Gasteiger partial charge in [-0.1, -0.05) is 56.3 Å². The van der Waals surface area contributed by atoms with E-state index in [2.05, 4.69) is 30.5 Å². The molecule has 3 aliphatic heterocycles. The quantitative estimate of drug-likeness (QED) is 0.0628. The Morgan fingerprint density at radius 3 is 2.47 bits per heavy atom. The molecule has 4 aliphatic rings. The predicted octanol–water partition coefficient (Wildman–Crippen LogP) is 9.24. The number of carbonyl (C=O) groups excluding carboxylic acids is 2. The van der Waals surface area contributed by atoms with Crippen molar-refractivity contribution in [2.75, 3.05) is 50.8 Å². The van der Waals surface area contributed by atoms with Crippen molar-refractivity contribution < 1.29 is 38.4 Å². The summed E-state index contributed by atoms with van der Waals surface area (Å²) in [6.45, 7) is 15.9. The number of hydrogen-bond donors (Lipinski definition) is 4. The minimum absolute atomic E-state index is 0.0141. The number of pyridine rings is 1. The maximum absolute atomic E-state index is 17.2. The van der Waals surface area contributed by atoms with Gasteiger partial charge in [0.25, 0.3) is 0 Å². The summed E-state index contributed by atoms with van der Waals surface area (Å²) in [6, 6.07) is 11.9. The third kappa shape index (κ3) is 11.9. The van der Waals surface area contributed by atoms with Gasteiger partial charge in [-0.3, -0.25) is 19.3 Å². The molecular weight excluding hydrogens is 1100 g/mol. The Morgan fingerprint density at radius 1 is 0.965 bits per heavy atom. The number of aromatic nitrogens is 9. The fourth-order valence-corrected chi connectivity index (χ4v) is 13.8. The van der Waals surface area contributed by atoms with Gasteiger partial charge in [0, 0.05) is 68.1 Å². The van der Waals surface area contributed by atoms with Crippen LogP contribution in [0.1, 0.15) is 108 Å². The van der Waals surface area contributed by atoms with E-state index in [1.165, 1.54) is 29.3 Å². The van der Waals surface area contributed by atoms with Crippen LogP contribution in [0.3, 0.4) is 0 Å². The molecule has 85 heavy (non-hydrogen) atoms. The monoisotopic (exact) mass is 1180 g/mol. The lowest BCUT2D eigenvalue weighted by atomic mass is 9.94. The average molecular weight is 1180 g/mol. The lowest BCUT2D eigenvalue weighted by molar-refractivity contribution is -0.142. The number of rotatable bonds is 18. The predicted molar refractivity (Wildman–Crippen MR) is 320 cm³/mol. The van der Waals surface area contributed by atoms with Crippen LogP contribution < -0.4 is 15.0 Å². The van der Waals surface area contributed by atoms with Crippen molar-refractivity contribution in [3.8, 4) is 44.7 Å². The van der Waals surface area contributed by atoms with Crippen molar-refractivity contribution in [2.45, 2.75) is 129 Å². The Hall–Kier alpha value is -7.53. The Morgan fingerprint density at radius 2 is 1.75 bits per heavy atom. The highest BCUT2D eigenvalue weighted by Crippen LogP contribution is 2.48. The number of amides is 2. The number of aromatic hydroxyl groups is 1. The van der Waals surface area contributed by atoms with Crippen molar-refractivity contribution in [1.29, 1.82) is 0 Å². The molecular formula is C63H73F2N13O6S. The highest BCUT2D eigenvalue weighted by atomic mass is 32.1. The lowest BCUT2D eigenvalue weighted by Gasteiger charge is -2.38. The van der Waals surface area contributed by atoms with Gasteiger partial charge in [0.05, 0.1) is 58.2 Å². The highest BCUT2D eigenvalue weighted by Gasteiger charge is 2.46. The van der Waals surface area contributed by atoms with E-state index in [1.807, 2.05) is 80.2 Å². The molecule has 22 heteroatoms. The molecule has 4 N–H and O–H groups in total. The number of benzene rings is 3. The van der Waals surface area contributed by atoms with E-state index in [4.69, 9.17) is 19.8 Å². The summed E-state index contributed by atoms with van der Waals surface area (Å²) in [5.74, 6) is -1.32. The molecule has 0 radical (unpaired) electrons. The van der Waals surface area contributed by atoms with Crippen molar-refractivity contribution in [3.63, 3.8) is 0 Å². The van der Waals surface area contributed by atoms with Gasteiger partial charge in [-0.25, -0.2) is 18.4 Å². The van der Waals surface area contributed by atoms with Crippen LogP contribution in [0.25, 0.3) is 54.6 Å². The number of aliphatic hydroxyl groups is 2. The standard InChI is InChI=1S/C63H73F2N13O6S/c1-7-46-49(64)14-13-42-23-44(79)24-47(52(42)46)54-53(65)55-48(27-66-54)58(75-20-8-17-62(6,83)32-75)71-61(70-55)84-34-63(18-19-63)33-74-21-15-39(16-22-74)28-76-29-43(26-68-76)50-31-78(73-72-50)56(36(2)3)60(82)77-30-45(80)25-51(77)59(81)69-37(4)40-9-11-41(12-10-40)57-38(5)67-35-85-57/h9-14,23-24,26-27,29,31,35-37,39,45,51,56,79-80,83H,7-8,15-22,25,28,30,32-34H2,1-6H3,(H,69,81)/t37-,45+,51-,56-,62+/m0/s1. The second-order valence-electron chi connectivity index (χ2n) is 24.8. The maximum Gasteiger partial charge on any atom is 0.319 e. The molecule has 0 spiro atoms. The first kappa shape index (κ1) is 57.9. The number of nitrogens with one attached hydrogen (secondary N) is 1. The SMILES string of the molecule is CCc1c(F)ccc2cc(O)cc(-c3ncc4c(N5CCC[C@@](C)(O)C5)nc(OCC5(CN6CCC(Cn7cc(-c8cn([C@H](C(=O)N9C[C@H](O)C[C@H]9C(=O)N[C@@H](C)c9ccc(-c%10scnc%10C)cc9)C(C)C)nn8)cn7)CC6)CC5)nc4c3F)c12. The number of hydrogen-bond acceptors (Lipinski definition) is 16. The molecule has 1 saturated carbocycles. The van der Waals surface area contributed by atoms with Crippen LogP contribution in [0, 0.1) is 35.8 Å². The van der Waals surface area contributed by atoms with E-state index in [1.54, 1.807) is 41.4 Å². The van der Waals surface area contributed by atoms with Crippen LogP contribution >= 0.6 is 11.3 Å². The molecule has 0 bridgehead atoms. The van der Waals surface area contributed by atoms with Gasteiger partial charge in [-0.05, 0) is 136 Å². The number of halogens is 2. The van der Waals surface area contributed by atoms with Gasteiger partial charge in [-0.15, -0.1) is 16.4 Å². The molecule has 3 saturated heterocycles. The van der Waals surface area contributed by atoms with Crippen LogP contribution in [0.4, 0.5) is 14.6 Å².